The summed E-state index contributed by atoms with van der Waals surface area (Å²) < 4.78 is 5.24. The fraction of sp³-hybridized carbons (Fsp3) is 0.429. The van der Waals surface area contributed by atoms with Gasteiger partial charge in [0, 0.05) is 18.3 Å². The van der Waals surface area contributed by atoms with Crippen molar-refractivity contribution in [3.63, 3.8) is 0 Å². The standard InChI is InChI=1S/C14H15NO3/c1-18-10-3-2-9-4-5-14(11(9)6-10)7-12(16)15-13(17)8-14/h2-3,6H,4-5,7-8H2,1H3,(H,15,16,17). The molecule has 0 aromatic heterocycles. The van der Waals surface area contributed by atoms with Gasteiger partial charge in [-0.1, -0.05) is 6.07 Å². The highest BCUT2D eigenvalue weighted by molar-refractivity contribution is 5.99. The lowest BCUT2D eigenvalue weighted by Crippen LogP contribution is -2.46. The molecule has 0 atom stereocenters. The van der Waals surface area contributed by atoms with E-state index in [2.05, 4.69) is 5.32 Å². The van der Waals surface area contributed by atoms with Crippen LogP contribution in [0.4, 0.5) is 0 Å². The maximum absolute atomic E-state index is 11.6. The van der Waals surface area contributed by atoms with E-state index in [1.165, 1.54) is 5.56 Å². The molecule has 0 radical (unpaired) electrons. The van der Waals surface area contributed by atoms with Gasteiger partial charge >= 0.3 is 0 Å². The highest BCUT2D eigenvalue weighted by atomic mass is 16.5. The predicted octanol–water partition coefficient (Wildman–Crippen LogP) is 1.32. The Morgan fingerprint density at radius 1 is 1.22 bits per heavy atom. The lowest BCUT2D eigenvalue weighted by molar-refractivity contribution is -0.135. The van der Waals surface area contributed by atoms with Gasteiger partial charge in [-0.05, 0) is 36.1 Å². The number of carbonyl (C=O) groups is 2. The van der Waals surface area contributed by atoms with Crippen molar-refractivity contribution in [3.05, 3.63) is 29.3 Å². The largest absolute Gasteiger partial charge is 0.497 e. The summed E-state index contributed by atoms with van der Waals surface area (Å²) in [6, 6.07) is 5.96. The Labute approximate surface area is 105 Å². The Hall–Kier alpha value is -1.84. The average Bonchev–Trinajstić information content (AvgIpc) is 2.66. The molecule has 1 spiro atoms. The zero-order valence-electron chi connectivity index (χ0n) is 10.3. The van der Waals surface area contributed by atoms with Gasteiger partial charge in [0.25, 0.3) is 0 Å². The average molecular weight is 245 g/mol. The van der Waals surface area contributed by atoms with Gasteiger partial charge in [-0.2, -0.15) is 0 Å². The van der Waals surface area contributed by atoms with Crippen molar-refractivity contribution in [2.24, 2.45) is 0 Å². The number of imide groups is 1. The Balaban J connectivity index is 2.07. The number of methoxy groups -OCH3 is 1. The number of benzene rings is 1. The molecule has 1 aromatic rings. The zero-order valence-corrected chi connectivity index (χ0v) is 10.3. The van der Waals surface area contributed by atoms with Gasteiger partial charge in [0.1, 0.15) is 5.75 Å². The van der Waals surface area contributed by atoms with Crippen LogP contribution in [0.1, 0.15) is 30.4 Å². The number of nitrogens with one attached hydrogen (secondary N) is 1. The summed E-state index contributed by atoms with van der Waals surface area (Å²) in [4.78, 5) is 23.3. The first-order chi connectivity index (χ1) is 8.63. The maximum atomic E-state index is 11.6. The molecule has 1 aromatic carbocycles. The van der Waals surface area contributed by atoms with Crippen LogP contribution in [0, 0.1) is 0 Å². The summed E-state index contributed by atoms with van der Waals surface area (Å²) in [5.41, 5.74) is 2.05. The van der Waals surface area contributed by atoms with Crippen LogP contribution in [0.2, 0.25) is 0 Å². The van der Waals surface area contributed by atoms with Crippen LogP contribution in [0.15, 0.2) is 18.2 Å². The van der Waals surface area contributed by atoms with Crippen molar-refractivity contribution in [2.45, 2.75) is 31.1 Å². The molecular weight excluding hydrogens is 230 g/mol. The molecule has 4 nitrogen and oxygen atoms in total. The number of rotatable bonds is 1. The van der Waals surface area contributed by atoms with E-state index >= 15 is 0 Å². The lowest BCUT2D eigenvalue weighted by Gasteiger charge is -2.33. The minimum atomic E-state index is -0.302. The molecule has 1 heterocycles. The Bertz CT molecular complexity index is 520. The first-order valence-electron chi connectivity index (χ1n) is 6.13. The van der Waals surface area contributed by atoms with Crippen molar-refractivity contribution in [1.82, 2.24) is 5.32 Å². The van der Waals surface area contributed by atoms with Gasteiger partial charge in [0.15, 0.2) is 0 Å². The molecule has 18 heavy (non-hydrogen) atoms. The van der Waals surface area contributed by atoms with E-state index in [0.29, 0.717) is 12.8 Å². The summed E-state index contributed by atoms with van der Waals surface area (Å²) in [6.07, 6.45) is 2.60. The number of piperidine rings is 1. The van der Waals surface area contributed by atoms with Crippen LogP contribution in [-0.4, -0.2) is 18.9 Å². The zero-order chi connectivity index (χ0) is 12.8. The molecule has 0 bridgehead atoms. The molecule has 1 N–H and O–H groups in total. The van der Waals surface area contributed by atoms with Crippen LogP contribution in [0.3, 0.4) is 0 Å². The molecular formula is C14H15NO3. The number of carbonyl (C=O) groups excluding carboxylic acids is 2. The summed E-state index contributed by atoms with van der Waals surface area (Å²) >= 11 is 0. The molecule has 1 aliphatic heterocycles. The van der Waals surface area contributed by atoms with E-state index in [1.807, 2.05) is 18.2 Å². The quantitative estimate of drug-likeness (QED) is 0.759. The molecule has 94 valence electrons. The molecule has 0 unspecified atom stereocenters. The van der Waals surface area contributed by atoms with Crippen molar-refractivity contribution >= 4 is 11.8 Å². The minimum Gasteiger partial charge on any atom is -0.497 e. The molecule has 0 saturated carbocycles. The second-order valence-electron chi connectivity index (χ2n) is 5.13. The number of ether oxygens (including phenoxy) is 1. The first kappa shape index (κ1) is 11.3. The minimum absolute atomic E-state index is 0.165. The highest BCUT2D eigenvalue weighted by Crippen LogP contribution is 2.46. The molecule has 3 rings (SSSR count). The monoisotopic (exact) mass is 245 g/mol. The fourth-order valence-corrected chi connectivity index (χ4v) is 3.19. The van der Waals surface area contributed by atoms with E-state index in [1.54, 1.807) is 7.11 Å². The molecule has 1 aliphatic carbocycles. The van der Waals surface area contributed by atoms with E-state index in [0.717, 1.165) is 24.2 Å². The third kappa shape index (κ3) is 1.60. The smallest absolute Gasteiger partial charge is 0.227 e. The van der Waals surface area contributed by atoms with E-state index < -0.39 is 0 Å². The van der Waals surface area contributed by atoms with Crippen LogP contribution in [0.25, 0.3) is 0 Å². The summed E-state index contributed by atoms with van der Waals surface area (Å²) in [5.74, 6) is 0.456. The second-order valence-corrected chi connectivity index (χ2v) is 5.13. The van der Waals surface area contributed by atoms with Crippen LogP contribution in [-0.2, 0) is 21.4 Å². The number of aryl methyl sites for hydroxylation is 1. The molecule has 1 fully saturated rings. The maximum Gasteiger partial charge on any atom is 0.227 e. The van der Waals surface area contributed by atoms with E-state index in [4.69, 9.17) is 4.74 Å². The molecule has 2 amide bonds. The molecule has 1 saturated heterocycles. The lowest BCUT2D eigenvalue weighted by atomic mass is 9.73. The second kappa shape index (κ2) is 3.83. The Morgan fingerprint density at radius 3 is 2.61 bits per heavy atom. The fourth-order valence-electron chi connectivity index (χ4n) is 3.19. The topological polar surface area (TPSA) is 55.4 Å². The van der Waals surface area contributed by atoms with Gasteiger partial charge < -0.3 is 4.74 Å². The van der Waals surface area contributed by atoms with E-state index in [-0.39, 0.29) is 17.2 Å². The third-order valence-electron chi connectivity index (χ3n) is 4.04. The normalized spacial score (nSPS) is 20.7. The van der Waals surface area contributed by atoms with Crippen molar-refractivity contribution in [1.29, 1.82) is 0 Å². The Kier molecular flexibility index (Phi) is 2.40. The third-order valence-corrected chi connectivity index (χ3v) is 4.04. The van der Waals surface area contributed by atoms with Gasteiger partial charge in [0.2, 0.25) is 11.8 Å². The van der Waals surface area contributed by atoms with Gasteiger partial charge in [-0.3, -0.25) is 14.9 Å². The van der Waals surface area contributed by atoms with Crippen LogP contribution >= 0.6 is 0 Å². The summed E-state index contributed by atoms with van der Waals surface area (Å²) in [5, 5.41) is 2.38. The molecule has 2 aliphatic rings. The van der Waals surface area contributed by atoms with Gasteiger partial charge in [-0.25, -0.2) is 0 Å². The summed E-state index contributed by atoms with van der Waals surface area (Å²) in [7, 11) is 1.63. The Morgan fingerprint density at radius 2 is 1.94 bits per heavy atom. The number of fused-ring (bicyclic) bond motifs is 2. The first-order valence-corrected chi connectivity index (χ1v) is 6.13. The number of hydrogen-bond acceptors (Lipinski definition) is 3. The van der Waals surface area contributed by atoms with E-state index in [9.17, 15) is 9.59 Å². The molecule has 4 heteroatoms. The number of amides is 2. The van der Waals surface area contributed by atoms with Crippen molar-refractivity contribution < 1.29 is 14.3 Å². The van der Waals surface area contributed by atoms with Crippen molar-refractivity contribution in [2.75, 3.05) is 7.11 Å². The van der Waals surface area contributed by atoms with Crippen LogP contribution in [0.5, 0.6) is 5.75 Å². The van der Waals surface area contributed by atoms with Crippen LogP contribution < -0.4 is 10.1 Å². The SMILES string of the molecule is COc1ccc2c(c1)C1(CC2)CC(=O)NC(=O)C1. The predicted molar refractivity (Wildman–Crippen MR) is 65.4 cm³/mol. The van der Waals surface area contributed by atoms with Crippen molar-refractivity contribution in [3.8, 4) is 5.75 Å². The van der Waals surface area contributed by atoms with Gasteiger partial charge in [-0.15, -0.1) is 0 Å². The highest BCUT2D eigenvalue weighted by Gasteiger charge is 2.45. The number of hydrogen-bond donors (Lipinski definition) is 1. The van der Waals surface area contributed by atoms with Gasteiger partial charge in [0.05, 0.1) is 7.11 Å². The summed E-state index contributed by atoms with van der Waals surface area (Å²) in [6.45, 7) is 0.